The predicted octanol–water partition coefficient (Wildman–Crippen LogP) is -0.295. The quantitative estimate of drug-likeness (QED) is 0.337. The lowest BCUT2D eigenvalue weighted by molar-refractivity contribution is -0.339. The molecule has 5 rings (SSSR count). The molecule has 36 heavy (non-hydrogen) atoms. The number of fused-ring (bicyclic) bond motifs is 4. The summed E-state index contributed by atoms with van der Waals surface area (Å²) in [5.74, 6) is -0.637. The highest BCUT2D eigenvalue weighted by Crippen LogP contribution is 2.49. The minimum atomic E-state index is -1.59. The van der Waals surface area contributed by atoms with E-state index in [-0.39, 0.29) is 23.6 Å². The molecule has 0 saturated carbocycles. The van der Waals surface area contributed by atoms with Gasteiger partial charge in [-0.2, -0.15) is 0 Å². The van der Waals surface area contributed by atoms with Crippen LogP contribution in [0.2, 0.25) is 0 Å². The first-order valence-electron chi connectivity index (χ1n) is 11.9. The van der Waals surface area contributed by atoms with Gasteiger partial charge in [0.05, 0.1) is 31.6 Å². The summed E-state index contributed by atoms with van der Waals surface area (Å²) >= 11 is 0. The molecule has 11 heteroatoms. The Balaban J connectivity index is 1.41. The van der Waals surface area contributed by atoms with Gasteiger partial charge in [0.1, 0.15) is 24.4 Å². The number of carbonyl (C=O) groups excluding carboxylic acids is 1. The third-order valence-electron chi connectivity index (χ3n) is 7.68. The number of ether oxygens (including phenoxy) is 4. The van der Waals surface area contributed by atoms with Crippen molar-refractivity contribution in [3.8, 4) is 11.5 Å². The van der Waals surface area contributed by atoms with E-state index >= 15 is 0 Å². The molecule has 1 aromatic rings. The van der Waals surface area contributed by atoms with E-state index in [9.17, 15) is 30.3 Å². The SMILES string of the molecule is C=C[C@@H]1[C@H](O[C@@H]2O[C@H](CO)[C@@H](O)[C@H](O)[C@H]2O)OC=C2C(=O)N3CCc4cc(OC)c(O)cc4[C@@H]3C[C@H]21. The number of phenols is 1. The molecule has 4 heterocycles. The normalized spacial score (nSPS) is 37.7. The first-order chi connectivity index (χ1) is 17.3. The van der Waals surface area contributed by atoms with Crippen LogP contribution in [0.5, 0.6) is 11.5 Å². The molecule has 0 spiro atoms. The number of aliphatic hydroxyl groups is 4. The molecule has 5 N–H and O–H groups in total. The lowest BCUT2D eigenvalue weighted by Gasteiger charge is -2.48. The molecule has 196 valence electrons. The molecule has 9 atom stereocenters. The van der Waals surface area contributed by atoms with Crippen molar-refractivity contribution in [3.05, 3.63) is 47.7 Å². The predicted molar refractivity (Wildman–Crippen MR) is 122 cm³/mol. The summed E-state index contributed by atoms with van der Waals surface area (Å²) in [6.07, 6.45) is -4.10. The smallest absolute Gasteiger partial charge is 0.253 e. The van der Waals surface area contributed by atoms with E-state index in [1.165, 1.54) is 13.4 Å². The molecule has 4 aliphatic heterocycles. The van der Waals surface area contributed by atoms with Gasteiger partial charge in [0, 0.05) is 18.4 Å². The number of methoxy groups -OCH3 is 1. The zero-order valence-corrected chi connectivity index (χ0v) is 19.8. The first kappa shape index (κ1) is 25.0. The molecule has 2 fully saturated rings. The van der Waals surface area contributed by atoms with Gasteiger partial charge in [-0.05, 0) is 36.1 Å². The van der Waals surface area contributed by atoms with E-state index in [1.54, 1.807) is 23.1 Å². The van der Waals surface area contributed by atoms with Crippen LogP contribution >= 0.6 is 0 Å². The molecule has 1 amide bonds. The molecule has 0 aromatic heterocycles. The minimum absolute atomic E-state index is 0.00274. The van der Waals surface area contributed by atoms with Crippen molar-refractivity contribution >= 4 is 5.91 Å². The molecule has 0 unspecified atom stereocenters. The maximum Gasteiger partial charge on any atom is 0.253 e. The summed E-state index contributed by atoms with van der Waals surface area (Å²) < 4.78 is 22.3. The van der Waals surface area contributed by atoms with Crippen molar-refractivity contribution in [2.75, 3.05) is 20.3 Å². The lowest BCUT2D eigenvalue weighted by Crippen LogP contribution is -2.60. The number of amides is 1. The monoisotopic (exact) mass is 505 g/mol. The number of aliphatic hydroxyl groups excluding tert-OH is 4. The van der Waals surface area contributed by atoms with Gasteiger partial charge < -0.3 is 49.4 Å². The summed E-state index contributed by atoms with van der Waals surface area (Å²) in [5.41, 5.74) is 2.33. The second kappa shape index (κ2) is 9.66. The third-order valence-corrected chi connectivity index (χ3v) is 7.68. The number of hydrogen-bond donors (Lipinski definition) is 5. The van der Waals surface area contributed by atoms with E-state index in [0.717, 1.165) is 11.1 Å². The number of nitrogens with zero attached hydrogens (tertiary/aromatic N) is 1. The van der Waals surface area contributed by atoms with Crippen molar-refractivity contribution in [1.29, 1.82) is 0 Å². The molecular weight excluding hydrogens is 474 g/mol. The van der Waals surface area contributed by atoms with Crippen molar-refractivity contribution in [2.45, 2.75) is 55.9 Å². The number of aromatic hydroxyl groups is 1. The van der Waals surface area contributed by atoms with Gasteiger partial charge in [0.25, 0.3) is 5.91 Å². The van der Waals surface area contributed by atoms with E-state index < -0.39 is 49.5 Å². The van der Waals surface area contributed by atoms with Gasteiger partial charge in [-0.1, -0.05) is 6.08 Å². The zero-order chi connectivity index (χ0) is 25.7. The van der Waals surface area contributed by atoms with Crippen LogP contribution in [0.1, 0.15) is 23.6 Å². The molecule has 0 aliphatic carbocycles. The second-order valence-corrected chi connectivity index (χ2v) is 9.55. The molecular formula is C25H31NO10. The minimum Gasteiger partial charge on any atom is -0.504 e. The number of benzene rings is 1. The van der Waals surface area contributed by atoms with Gasteiger partial charge in [-0.3, -0.25) is 4.79 Å². The summed E-state index contributed by atoms with van der Waals surface area (Å²) in [5, 5.41) is 50.4. The fraction of sp³-hybridized carbons (Fsp3) is 0.560. The molecule has 0 radical (unpaired) electrons. The number of hydrogen-bond acceptors (Lipinski definition) is 10. The van der Waals surface area contributed by atoms with Crippen molar-refractivity contribution in [3.63, 3.8) is 0 Å². The average Bonchev–Trinajstić information content (AvgIpc) is 2.88. The first-order valence-corrected chi connectivity index (χ1v) is 11.9. The maximum atomic E-state index is 13.4. The van der Waals surface area contributed by atoms with Crippen LogP contribution in [0.15, 0.2) is 36.6 Å². The van der Waals surface area contributed by atoms with E-state index in [4.69, 9.17) is 18.9 Å². The van der Waals surface area contributed by atoms with Crippen LogP contribution in [0.25, 0.3) is 0 Å². The fourth-order valence-corrected chi connectivity index (χ4v) is 5.70. The lowest BCUT2D eigenvalue weighted by atomic mass is 9.73. The maximum absolute atomic E-state index is 13.4. The second-order valence-electron chi connectivity index (χ2n) is 9.55. The highest BCUT2D eigenvalue weighted by Gasteiger charge is 2.50. The Hall–Kier alpha value is -2.67. The van der Waals surface area contributed by atoms with Crippen LogP contribution in [0.4, 0.5) is 0 Å². The van der Waals surface area contributed by atoms with Crippen LogP contribution in [0.3, 0.4) is 0 Å². The Morgan fingerprint density at radius 2 is 1.97 bits per heavy atom. The van der Waals surface area contributed by atoms with Gasteiger partial charge in [-0.25, -0.2) is 0 Å². The standard InChI is InChI=1S/C25H31NO10/c1-3-12-14-7-16-13-8-17(28)18(33-2)6-11(13)4-5-26(16)23(32)15(14)10-34-24(12)36-25-22(31)21(30)20(29)19(9-27)35-25/h3,6,8,10,12,14,16,19-22,24-25,27-31H,1,4-5,7,9H2,2H3/t12-,14-,16-,19+,20+,21-,22+,24-,25-/m0/s1. The Bertz CT molecular complexity index is 1060. The summed E-state index contributed by atoms with van der Waals surface area (Å²) in [7, 11) is 1.49. The third kappa shape index (κ3) is 3.96. The molecule has 4 aliphatic rings. The molecule has 11 nitrogen and oxygen atoms in total. The average molecular weight is 506 g/mol. The number of rotatable bonds is 5. The zero-order valence-electron chi connectivity index (χ0n) is 19.8. The highest BCUT2D eigenvalue weighted by molar-refractivity contribution is 5.95. The van der Waals surface area contributed by atoms with Gasteiger partial charge >= 0.3 is 0 Å². The van der Waals surface area contributed by atoms with E-state index in [1.807, 2.05) is 0 Å². The topological polar surface area (TPSA) is 158 Å². The number of phenolic OH excluding ortho intramolecular Hbond substituents is 1. The van der Waals surface area contributed by atoms with Gasteiger partial charge in [0.2, 0.25) is 6.29 Å². The highest BCUT2D eigenvalue weighted by atomic mass is 16.8. The van der Waals surface area contributed by atoms with Crippen LogP contribution in [-0.2, 0) is 25.4 Å². The van der Waals surface area contributed by atoms with E-state index in [2.05, 4.69) is 6.58 Å². The molecule has 1 aromatic carbocycles. The summed E-state index contributed by atoms with van der Waals surface area (Å²) in [6.45, 7) is 3.83. The van der Waals surface area contributed by atoms with E-state index in [0.29, 0.717) is 30.7 Å². The van der Waals surface area contributed by atoms with Crippen molar-refractivity contribution in [1.82, 2.24) is 4.90 Å². The molecule has 0 bridgehead atoms. The fourth-order valence-electron chi connectivity index (χ4n) is 5.70. The van der Waals surface area contributed by atoms with Crippen LogP contribution < -0.4 is 4.74 Å². The largest absolute Gasteiger partial charge is 0.504 e. The number of carbonyl (C=O) groups is 1. The van der Waals surface area contributed by atoms with Crippen LogP contribution in [-0.4, -0.2) is 93.6 Å². The Labute approximate surface area is 207 Å². The van der Waals surface area contributed by atoms with Crippen LogP contribution in [0, 0.1) is 11.8 Å². The summed E-state index contributed by atoms with van der Waals surface area (Å²) in [4.78, 5) is 15.2. The molecule has 2 saturated heterocycles. The Kier molecular flexibility index (Phi) is 6.70. The summed E-state index contributed by atoms with van der Waals surface area (Å²) in [6, 6.07) is 3.17. The van der Waals surface area contributed by atoms with Crippen molar-refractivity contribution in [2.24, 2.45) is 11.8 Å². The van der Waals surface area contributed by atoms with Gasteiger partial charge in [0.15, 0.2) is 17.8 Å². The number of piperidine rings is 1. The van der Waals surface area contributed by atoms with Gasteiger partial charge in [-0.15, -0.1) is 6.58 Å². The Morgan fingerprint density at radius 1 is 1.19 bits per heavy atom. The Morgan fingerprint density at radius 3 is 2.67 bits per heavy atom. The van der Waals surface area contributed by atoms with Crippen molar-refractivity contribution < 1.29 is 49.3 Å².